The number of rotatable bonds is 8. The zero-order chi connectivity index (χ0) is 23.8. The number of amides is 3. The Kier molecular flexibility index (Phi) is 8.26. The van der Waals surface area contributed by atoms with E-state index >= 15 is 0 Å². The van der Waals surface area contributed by atoms with Gasteiger partial charge in [0, 0.05) is 17.3 Å². The van der Waals surface area contributed by atoms with Gasteiger partial charge in [-0.15, -0.1) is 0 Å². The summed E-state index contributed by atoms with van der Waals surface area (Å²) in [6.07, 6.45) is 5.80. The first-order chi connectivity index (χ1) is 15.8. The number of hydrogen-bond acceptors (Lipinski definition) is 3. The van der Waals surface area contributed by atoms with Crippen molar-refractivity contribution < 1.29 is 14.4 Å². The van der Waals surface area contributed by atoms with Crippen molar-refractivity contribution in [3.63, 3.8) is 0 Å². The molecule has 0 bridgehead atoms. The summed E-state index contributed by atoms with van der Waals surface area (Å²) in [6.45, 7) is 5.50. The highest BCUT2D eigenvalue weighted by Crippen LogP contribution is 2.29. The molecule has 1 aliphatic rings. The molecule has 0 radical (unpaired) electrons. The third-order valence-electron chi connectivity index (χ3n) is 6.59. The van der Waals surface area contributed by atoms with Crippen molar-refractivity contribution in [1.82, 2.24) is 10.6 Å². The highest BCUT2D eigenvalue weighted by atomic mass is 16.2. The summed E-state index contributed by atoms with van der Waals surface area (Å²) in [7, 11) is 0. The van der Waals surface area contributed by atoms with Gasteiger partial charge in [0.15, 0.2) is 0 Å². The zero-order valence-electron chi connectivity index (χ0n) is 19.9. The predicted molar refractivity (Wildman–Crippen MR) is 131 cm³/mol. The first-order valence-corrected chi connectivity index (χ1v) is 11.9. The zero-order valence-corrected chi connectivity index (χ0v) is 19.9. The molecule has 1 unspecified atom stereocenters. The molecule has 6 heteroatoms. The molecule has 33 heavy (non-hydrogen) atoms. The van der Waals surface area contributed by atoms with Crippen LogP contribution in [0.3, 0.4) is 0 Å². The molecule has 6 nitrogen and oxygen atoms in total. The van der Waals surface area contributed by atoms with Gasteiger partial charge in [0.1, 0.15) is 5.54 Å². The second-order valence-electron chi connectivity index (χ2n) is 9.05. The molecule has 0 spiro atoms. The monoisotopic (exact) mass is 449 g/mol. The normalized spacial score (nSPS) is 15.8. The van der Waals surface area contributed by atoms with Gasteiger partial charge in [-0.3, -0.25) is 19.3 Å². The van der Waals surface area contributed by atoms with Crippen LogP contribution in [0.4, 0.5) is 5.69 Å². The van der Waals surface area contributed by atoms with Gasteiger partial charge < -0.3 is 10.6 Å². The number of nitrogens with one attached hydrogen (secondary N) is 2. The van der Waals surface area contributed by atoms with E-state index in [1.807, 2.05) is 51.1 Å². The highest BCUT2D eigenvalue weighted by Gasteiger charge is 2.42. The molecule has 0 aromatic heterocycles. The minimum Gasteiger partial charge on any atom is -0.351 e. The molecule has 0 aliphatic heterocycles. The molecule has 3 rings (SSSR count). The molecule has 2 N–H and O–H groups in total. The van der Waals surface area contributed by atoms with Crippen LogP contribution in [0, 0.1) is 6.92 Å². The fraction of sp³-hybridized carbons (Fsp3) is 0.444. The van der Waals surface area contributed by atoms with E-state index in [0.29, 0.717) is 17.7 Å². The van der Waals surface area contributed by atoms with E-state index < -0.39 is 5.54 Å². The van der Waals surface area contributed by atoms with E-state index in [-0.39, 0.29) is 30.3 Å². The largest absolute Gasteiger partial charge is 0.351 e. The molecule has 1 atom stereocenters. The highest BCUT2D eigenvalue weighted by molar-refractivity contribution is 6.06. The Morgan fingerprint density at radius 3 is 2.21 bits per heavy atom. The topological polar surface area (TPSA) is 78.5 Å². The molecule has 1 aliphatic carbocycles. The smallest absolute Gasteiger partial charge is 0.251 e. The Bertz CT molecular complexity index is 952. The fourth-order valence-corrected chi connectivity index (χ4v) is 4.33. The predicted octanol–water partition coefficient (Wildman–Crippen LogP) is 4.38. The fourth-order valence-electron chi connectivity index (χ4n) is 4.33. The van der Waals surface area contributed by atoms with Crippen molar-refractivity contribution in [3.05, 3.63) is 65.7 Å². The van der Waals surface area contributed by atoms with E-state index in [4.69, 9.17) is 0 Å². The summed E-state index contributed by atoms with van der Waals surface area (Å²) < 4.78 is 0. The Morgan fingerprint density at radius 2 is 1.61 bits per heavy atom. The number of carbonyl (C=O) groups is 3. The number of carbonyl (C=O) groups excluding carboxylic acids is 3. The third kappa shape index (κ3) is 6.01. The first kappa shape index (κ1) is 24.5. The minimum absolute atomic E-state index is 0.143. The van der Waals surface area contributed by atoms with Gasteiger partial charge in [0.2, 0.25) is 11.8 Å². The molecule has 176 valence electrons. The molecule has 0 saturated heterocycles. The van der Waals surface area contributed by atoms with Crippen LogP contribution >= 0.6 is 0 Å². The summed E-state index contributed by atoms with van der Waals surface area (Å²) in [5.41, 5.74) is 1.11. The van der Waals surface area contributed by atoms with E-state index in [9.17, 15) is 14.4 Å². The van der Waals surface area contributed by atoms with Gasteiger partial charge in [-0.1, -0.05) is 62.1 Å². The summed E-state index contributed by atoms with van der Waals surface area (Å²) in [5, 5.41) is 5.91. The summed E-state index contributed by atoms with van der Waals surface area (Å²) in [4.78, 5) is 41.1. The lowest BCUT2D eigenvalue weighted by atomic mass is 9.90. The molecule has 1 saturated carbocycles. The second-order valence-corrected chi connectivity index (χ2v) is 9.05. The van der Waals surface area contributed by atoms with Gasteiger partial charge in [-0.25, -0.2) is 0 Å². The van der Waals surface area contributed by atoms with Crippen LogP contribution in [-0.4, -0.2) is 35.8 Å². The van der Waals surface area contributed by atoms with E-state index in [1.165, 1.54) is 6.42 Å². The number of anilines is 1. The van der Waals surface area contributed by atoms with Crippen molar-refractivity contribution in [2.24, 2.45) is 0 Å². The number of hydrogen-bond donors (Lipinski definition) is 2. The third-order valence-corrected chi connectivity index (χ3v) is 6.59. The molecule has 0 heterocycles. The maximum Gasteiger partial charge on any atom is 0.251 e. The van der Waals surface area contributed by atoms with E-state index in [2.05, 4.69) is 10.6 Å². The molecular weight excluding hydrogens is 414 g/mol. The van der Waals surface area contributed by atoms with Crippen molar-refractivity contribution in [2.45, 2.75) is 70.9 Å². The quantitative estimate of drug-likeness (QED) is 0.628. The van der Waals surface area contributed by atoms with Crippen LogP contribution in [-0.2, 0) is 9.59 Å². The Balaban J connectivity index is 1.83. The van der Waals surface area contributed by atoms with Crippen LogP contribution in [0.5, 0.6) is 0 Å². The summed E-state index contributed by atoms with van der Waals surface area (Å²) >= 11 is 0. The van der Waals surface area contributed by atoms with Crippen molar-refractivity contribution in [1.29, 1.82) is 0 Å². The molecule has 1 fully saturated rings. The van der Waals surface area contributed by atoms with Gasteiger partial charge >= 0.3 is 0 Å². The number of benzene rings is 2. The average molecular weight is 450 g/mol. The Hall–Kier alpha value is -3.15. The lowest BCUT2D eigenvalue weighted by Gasteiger charge is -2.41. The molecule has 2 aromatic rings. The average Bonchev–Trinajstić information content (AvgIpc) is 2.84. The first-order valence-electron chi connectivity index (χ1n) is 11.9. The van der Waals surface area contributed by atoms with Gasteiger partial charge in [0.05, 0.1) is 6.54 Å². The summed E-state index contributed by atoms with van der Waals surface area (Å²) in [6, 6.07) is 16.5. The maximum absolute atomic E-state index is 13.5. The van der Waals surface area contributed by atoms with Gasteiger partial charge in [0.25, 0.3) is 5.91 Å². The number of aryl methyl sites for hydroxylation is 1. The lowest BCUT2D eigenvalue weighted by molar-refractivity contribution is -0.130. The maximum atomic E-state index is 13.5. The molecule has 3 amide bonds. The van der Waals surface area contributed by atoms with Crippen LogP contribution < -0.4 is 15.5 Å². The van der Waals surface area contributed by atoms with Crippen LogP contribution in [0.2, 0.25) is 0 Å². The molecular formula is C27H35N3O3. The minimum atomic E-state index is -1.08. The summed E-state index contributed by atoms with van der Waals surface area (Å²) in [5.74, 6) is -0.802. The SMILES string of the molecule is CCC(C)(C(=O)NC1CCCCC1)N(C(=O)CNC(=O)c1ccccc1)c1ccc(C)cc1. The Morgan fingerprint density at radius 1 is 0.970 bits per heavy atom. The molecule has 2 aromatic carbocycles. The lowest BCUT2D eigenvalue weighted by Crippen LogP contribution is -2.62. The standard InChI is InChI=1S/C27H35N3O3/c1-4-27(3,26(33)29-22-13-9-6-10-14-22)30(23-17-15-20(2)16-18-23)24(31)19-28-25(32)21-11-7-5-8-12-21/h5,7-8,11-12,15-18,22H,4,6,9-10,13-14,19H2,1-3H3,(H,28,32)(H,29,33). The van der Waals surface area contributed by atoms with Crippen LogP contribution in [0.1, 0.15) is 68.3 Å². The van der Waals surface area contributed by atoms with Crippen LogP contribution in [0.25, 0.3) is 0 Å². The van der Waals surface area contributed by atoms with Gasteiger partial charge in [-0.05, 0) is 57.4 Å². The van der Waals surface area contributed by atoms with Crippen LogP contribution in [0.15, 0.2) is 54.6 Å². The van der Waals surface area contributed by atoms with Crippen molar-refractivity contribution in [3.8, 4) is 0 Å². The van der Waals surface area contributed by atoms with E-state index in [1.54, 1.807) is 29.2 Å². The second kappa shape index (κ2) is 11.1. The van der Waals surface area contributed by atoms with Crippen molar-refractivity contribution >= 4 is 23.4 Å². The van der Waals surface area contributed by atoms with Crippen molar-refractivity contribution in [2.75, 3.05) is 11.4 Å². The Labute approximate surface area is 196 Å². The number of nitrogens with zero attached hydrogens (tertiary/aromatic N) is 1. The van der Waals surface area contributed by atoms with E-state index in [0.717, 1.165) is 31.2 Å². The van der Waals surface area contributed by atoms with Gasteiger partial charge in [-0.2, -0.15) is 0 Å².